The van der Waals surface area contributed by atoms with Crippen LogP contribution in [0, 0.1) is 13.8 Å². The molecule has 0 radical (unpaired) electrons. The Kier molecular flexibility index (Phi) is 20.9. The molecule has 91 heavy (non-hydrogen) atoms. The van der Waals surface area contributed by atoms with Crippen molar-refractivity contribution in [3.05, 3.63) is 326 Å². The first-order valence-corrected chi connectivity index (χ1v) is 36.2. The molecule has 14 rings (SSSR count). The van der Waals surface area contributed by atoms with Gasteiger partial charge in [0.25, 0.3) is 0 Å². The van der Waals surface area contributed by atoms with E-state index in [2.05, 4.69) is 264 Å². The van der Waals surface area contributed by atoms with Crippen molar-refractivity contribution in [2.45, 2.75) is 89.8 Å². The number of benzene rings is 9. The van der Waals surface area contributed by atoms with Gasteiger partial charge in [0.2, 0.25) is 0 Å². The monoisotopic (exact) mass is 1350 g/mol. The summed E-state index contributed by atoms with van der Waals surface area (Å²) in [6.07, 6.45) is 3.56. The molecule has 0 saturated heterocycles. The number of nitrogens with zero attached hydrogens (tertiary/aromatic N) is 3. The SMILES string of the molecule is C.Cc1cc(CBr)c(O)c(C2(C)c3ccccc3-c3ccccc32)c1.Cc1cc(CN(Cc2ccccn2)Cc2cccc(C3(C)c4ccccc4-c4ccccc43)c2O)c(O)c(C2(C)c3ccccc3-c3ccccc32)c1.NCc1ccccn1.S=S=S=S=S. The lowest BCUT2D eigenvalue weighted by Crippen LogP contribution is -2.26. The van der Waals surface area contributed by atoms with Crippen LogP contribution in [-0.2, 0) is 96.8 Å². The Balaban J connectivity index is 0.000000196. The van der Waals surface area contributed by atoms with Gasteiger partial charge in [0.1, 0.15) is 17.2 Å². The Morgan fingerprint density at radius 1 is 0.407 bits per heavy atom. The lowest BCUT2D eigenvalue weighted by molar-refractivity contribution is 0.237. The maximum Gasteiger partial charge on any atom is 0.124 e. The first-order valence-electron chi connectivity index (χ1n) is 29.8. The fraction of sp³-hybridized carbons (Fsp3) is 0.179. The van der Waals surface area contributed by atoms with Crippen molar-refractivity contribution in [2.75, 3.05) is 0 Å². The second-order valence-electron chi connectivity index (χ2n) is 23.4. The molecule has 13 heteroatoms. The van der Waals surface area contributed by atoms with Gasteiger partial charge in [-0.15, -0.1) is 0 Å². The number of pyridine rings is 2. The average Bonchev–Trinajstić information content (AvgIpc) is 1.60. The molecular formula is C78H73BrN4O3S5. The van der Waals surface area contributed by atoms with Crippen molar-refractivity contribution in [2.24, 2.45) is 5.73 Å². The largest absolute Gasteiger partial charge is 0.507 e. The van der Waals surface area contributed by atoms with Crippen molar-refractivity contribution in [3.8, 4) is 50.6 Å². The lowest BCUT2D eigenvalue weighted by atomic mass is 9.73. The normalized spacial score (nSPS) is 13.3. The van der Waals surface area contributed by atoms with Crippen LogP contribution in [0.25, 0.3) is 33.4 Å². The van der Waals surface area contributed by atoms with E-state index in [-0.39, 0.29) is 12.8 Å². The summed E-state index contributed by atoms with van der Waals surface area (Å²) in [7, 11) is 3.95. The van der Waals surface area contributed by atoms with E-state index in [9.17, 15) is 15.3 Å². The topological polar surface area (TPSA) is 116 Å². The molecule has 3 aliphatic carbocycles. The number of phenolic OH excluding ortho intramolecular Hbond substituents is 3. The van der Waals surface area contributed by atoms with Gasteiger partial charge in [-0.3, -0.25) is 14.9 Å². The molecule has 2 aromatic heterocycles. The molecule has 0 fully saturated rings. The summed E-state index contributed by atoms with van der Waals surface area (Å²) < 4.78 is 0. The molecular weight excluding hydrogens is 1280 g/mol. The summed E-state index contributed by atoms with van der Waals surface area (Å²) in [6.45, 7) is 12.9. The number of halogens is 1. The van der Waals surface area contributed by atoms with E-state index >= 15 is 0 Å². The smallest absolute Gasteiger partial charge is 0.124 e. The number of alkyl halides is 1. The van der Waals surface area contributed by atoms with Crippen LogP contribution in [0.15, 0.2) is 237 Å². The number of nitrogens with two attached hydrogens (primary N) is 1. The number of hydrogen-bond donors (Lipinski definition) is 4. The van der Waals surface area contributed by atoms with Crippen molar-refractivity contribution in [3.63, 3.8) is 0 Å². The third-order valence-corrected chi connectivity index (χ3v) is 23.1. The molecule has 9 aromatic carbocycles. The summed E-state index contributed by atoms with van der Waals surface area (Å²) in [5.74, 6) is 1.00. The van der Waals surface area contributed by atoms with Crippen LogP contribution in [0.5, 0.6) is 17.2 Å². The predicted octanol–water partition coefficient (Wildman–Crippen LogP) is 17.8. The standard InChI is InChI=1S/C49H42N2O2.C22H19BrO.C6H8N2.CH4.S5/c1-32-27-34(47(53)45(28-32)49(3)42-23-10-6-19-38(42)39-20-7-11-24-43(39)49)30-51(31-35-16-12-13-26-50-35)29-33-15-14-25-44(46(33)52)48(2)40-21-8-4-17-36(40)37-18-5-9-22-41(37)48;1-14-11-15(13-23)21(24)20(12-14)22(2)18-9-5-3-7-16(18)17-8-4-6-10-19(17)22;7-5-6-3-1-2-4-8-6;;1-3-5-4-2/h4-28,52-53H,29-31H2,1-3H3;3-12,24H,13H2,1-2H3;1-4H,5,7H2;1H4;. The third-order valence-electron chi connectivity index (χ3n) is 18.1. The summed E-state index contributed by atoms with van der Waals surface area (Å²) in [5, 5.41) is 36.2. The second kappa shape index (κ2) is 28.8. The highest BCUT2D eigenvalue weighted by Gasteiger charge is 2.45. The first-order chi connectivity index (χ1) is 43.7. The van der Waals surface area contributed by atoms with E-state index in [1.54, 1.807) is 6.20 Å². The van der Waals surface area contributed by atoms with Gasteiger partial charge >= 0.3 is 0 Å². The number of aromatic hydroxyl groups is 3. The molecule has 7 nitrogen and oxygen atoms in total. The van der Waals surface area contributed by atoms with Crippen LogP contribution in [0.3, 0.4) is 0 Å². The number of fused-ring (bicyclic) bond motifs is 9. The minimum atomic E-state index is -0.528. The van der Waals surface area contributed by atoms with Gasteiger partial charge in [0.05, 0.1) is 11.4 Å². The summed E-state index contributed by atoms with van der Waals surface area (Å²) in [5.41, 5.74) is 28.0. The molecule has 3 aliphatic rings. The van der Waals surface area contributed by atoms with Gasteiger partial charge in [-0.1, -0.05) is 235 Å². The summed E-state index contributed by atoms with van der Waals surface area (Å²) in [4.78, 5) is 10.9. The van der Waals surface area contributed by atoms with Crippen molar-refractivity contribution >= 4 is 64.9 Å². The number of para-hydroxylation sites is 1. The molecule has 0 amide bonds. The Morgan fingerprint density at radius 2 is 0.736 bits per heavy atom. The van der Waals surface area contributed by atoms with E-state index in [0.29, 0.717) is 48.8 Å². The minimum absolute atomic E-state index is 0. The number of phenols is 3. The Hall–Kier alpha value is -7.82. The van der Waals surface area contributed by atoms with Gasteiger partial charge in [0.15, 0.2) is 0 Å². The molecule has 460 valence electrons. The zero-order valence-electron chi connectivity index (χ0n) is 50.7. The molecule has 2 heterocycles. The number of rotatable bonds is 11. The zero-order chi connectivity index (χ0) is 63.2. The van der Waals surface area contributed by atoms with Gasteiger partial charge in [0, 0.05) is 143 Å². The van der Waals surface area contributed by atoms with E-state index in [1.165, 1.54) is 99.0 Å². The van der Waals surface area contributed by atoms with Crippen LogP contribution in [0.4, 0.5) is 0 Å². The quantitative estimate of drug-likeness (QED) is 0.0940. The fourth-order valence-corrected chi connectivity index (χ4v) is 17.1. The van der Waals surface area contributed by atoms with Crippen LogP contribution in [-0.4, -0.2) is 30.2 Å². The molecule has 0 aliphatic heterocycles. The summed E-state index contributed by atoms with van der Waals surface area (Å²) >= 11 is 12.4. The average molecular weight is 1350 g/mol. The first kappa shape index (κ1) is 66.1. The van der Waals surface area contributed by atoms with Crippen LogP contribution < -0.4 is 5.73 Å². The molecule has 0 saturated carbocycles. The lowest BCUT2D eigenvalue weighted by Gasteiger charge is -2.32. The van der Waals surface area contributed by atoms with Gasteiger partial charge in [-0.2, -0.15) is 0 Å². The van der Waals surface area contributed by atoms with Crippen LogP contribution in [0.2, 0.25) is 0 Å². The highest BCUT2D eigenvalue weighted by Crippen LogP contribution is 2.58. The van der Waals surface area contributed by atoms with Crippen LogP contribution >= 0.6 is 15.9 Å². The van der Waals surface area contributed by atoms with Gasteiger partial charge in [-0.05, 0) is 126 Å². The van der Waals surface area contributed by atoms with E-state index in [1.807, 2.05) is 54.7 Å². The van der Waals surface area contributed by atoms with E-state index in [4.69, 9.17) is 5.73 Å². The van der Waals surface area contributed by atoms with Crippen LogP contribution in [0.1, 0.15) is 117 Å². The van der Waals surface area contributed by atoms with E-state index < -0.39 is 10.8 Å². The van der Waals surface area contributed by atoms with Gasteiger partial charge < -0.3 is 21.1 Å². The van der Waals surface area contributed by atoms with Crippen molar-refractivity contribution in [1.82, 2.24) is 14.9 Å². The maximum absolute atomic E-state index is 12.3. The minimum Gasteiger partial charge on any atom is -0.507 e. The predicted molar refractivity (Wildman–Crippen MR) is 392 cm³/mol. The number of hydrogen-bond acceptors (Lipinski definition) is 9. The molecule has 11 aromatic rings. The van der Waals surface area contributed by atoms with Crippen molar-refractivity contribution < 1.29 is 15.3 Å². The highest BCUT2D eigenvalue weighted by atomic mass is 79.9. The van der Waals surface area contributed by atoms with Crippen molar-refractivity contribution in [1.29, 1.82) is 0 Å². The fourth-order valence-electron chi connectivity index (χ4n) is 13.9. The number of aromatic nitrogens is 2. The second-order valence-corrected chi connectivity index (χ2v) is 29.3. The Morgan fingerprint density at radius 3 is 1.09 bits per heavy atom. The molecule has 0 atom stereocenters. The molecule has 0 unspecified atom stereocenters. The third kappa shape index (κ3) is 12.7. The maximum atomic E-state index is 12.3. The van der Waals surface area contributed by atoms with E-state index in [0.717, 1.165) is 50.3 Å². The Labute approximate surface area is 562 Å². The number of aryl methyl sites for hydroxylation is 2. The molecule has 0 spiro atoms. The Bertz CT molecular complexity index is 4440. The molecule has 0 bridgehead atoms. The van der Waals surface area contributed by atoms with Gasteiger partial charge in [-0.25, -0.2) is 0 Å². The molecule has 5 N–H and O–H groups in total. The summed E-state index contributed by atoms with van der Waals surface area (Å²) in [6, 6.07) is 77.5. The zero-order valence-corrected chi connectivity index (χ0v) is 56.4. The highest BCUT2D eigenvalue weighted by molar-refractivity contribution is 9.08.